The second-order valence-corrected chi connectivity index (χ2v) is 11.8. The van der Waals surface area contributed by atoms with E-state index in [1.165, 1.54) is 0 Å². The molecule has 1 heterocycles. The average Bonchev–Trinajstić information content (AvgIpc) is 2.92. The molecule has 1 unspecified atom stereocenters. The van der Waals surface area contributed by atoms with E-state index in [0.29, 0.717) is 42.6 Å². The van der Waals surface area contributed by atoms with Crippen LogP contribution in [0.2, 0.25) is 5.02 Å². The minimum absolute atomic E-state index is 0.00768. The van der Waals surface area contributed by atoms with Crippen LogP contribution in [0.4, 0.5) is 24.5 Å². The van der Waals surface area contributed by atoms with Gasteiger partial charge < -0.3 is 15.1 Å². The third kappa shape index (κ3) is 8.14. The van der Waals surface area contributed by atoms with Gasteiger partial charge in [-0.3, -0.25) is 14.3 Å². The molecule has 13 heteroatoms. The van der Waals surface area contributed by atoms with Crippen LogP contribution in [-0.2, 0) is 27.4 Å². The first kappa shape index (κ1) is 30.2. The third-order valence-corrected chi connectivity index (χ3v) is 7.41. The predicted octanol–water partition coefficient (Wildman–Crippen LogP) is 4.42. The largest absolute Gasteiger partial charge is 0.416 e. The molecule has 2 amide bonds. The molecule has 4 rings (SSSR count). The maximum Gasteiger partial charge on any atom is 0.416 e. The second kappa shape index (κ2) is 12.4. The highest BCUT2D eigenvalue weighted by molar-refractivity contribution is 7.92. The van der Waals surface area contributed by atoms with E-state index >= 15 is 0 Å². The van der Waals surface area contributed by atoms with Crippen molar-refractivity contribution in [3.8, 4) is 0 Å². The van der Waals surface area contributed by atoms with Gasteiger partial charge in [-0.25, -0.2) is 8.42 Å². The van der Waals surface area contributed by atoms with E-state index in [1.54, 1.807) is 53.4 Å². The van der Waals surface area contributed by atoms with Gasteiger partial charge in [0.25, 0.3) is 5.91 Å². The summed E-state index contributed by atoms with van der Waals surface area (Å²) in [6, 6.07) is 16.5. The number of halogens is 4. The van der Waals surface area contributed by atoms with Gasteiger partial charge in [0.2, 0.25) is 15.9 Å². The first-order chi connectivity index (χ1) is 19.3. The fourth-order valence-electron chi connectivity index (χ4n) is 4.53. The Morgan fingerprint density at radius 1 is 0.927 bits per heavy atom. The number of amides is 2. The van der Waals surface area contributed by atoms with E-state index in [0.717, 1.165) is 36.1 Å². The summed E-state index contributed by atoms with van der Waals surface area (Å²) in [5.41, 5.74) is 0.957. The number of piperazine rings is 1. The van der Waals surface area contributed by atoms with Crippen LogP contribution in [0.5, 0.6) is 0 Å². The summed E-state index contributed by atoms with van der Waals surface area (Å²) in [7, 11) is -3.50. The molecule has 1 atom stereocenters. The van der Waals surface area contributed by atoms with Crippen molar-refractivity contribution in [1.29, 1.82) is 0 Å². The minimum atomic E-state index is -4.54. The average molecular weight is 609 g/mol. The molecule has 0 aromatic heterocycles. The minimum Gasteiger partial charge on any atom is -0.366 e. The van der Waals surface area contributed by atoms with Crippen LogP contribution in [0, 0.1) is 0 Å². The molecule has 1 aliphatic heterocycles. The fraction of sp³-hybridized carbons (Fsp3) is 0.286. The van der Waals surface area contributed by atoms with Crippen LogP contribution >= 0.6 is 11.6 Å². The lowest BCUT2D eigenvalue weighted by molar-refractivity contribution is -0.137. The van der Waals surface area contributed by atoms with Crippen molar-refractivity contribution < 1.29 is 31.2 Å². The van der Waals surface area contributed by atoms with Gasteiger partial charge in [-0.05, 0) is 54.1 Å². The number of sulfonamides is 1. The topological polar surface area (TPSA) is 98.8 Å². The Labute approximate surface area is 241 Å². The maximum atomic E-state index is 13.6. The zero-order chi connectivity index (χ0) is 29.8. The van der Waals surface area contributed by atoms with Gasteiger partial charge in [-0.2, -0.15) is 13.2 Å². The number of carbonyl (C=O) groups excluding carboxylic acids is 2. The summed E-state index contributed by atoms with van der Waals surface area (Å²) in [4.78, 5) is 30.2. The molecule has 3 aromatic carbocycles. The van der Waals surface area contributed by atoms with Crippen molar-refractivity contribution >= 4 is 44.8 Å². The number of para-hydroxylation sites is 2. The SMILES string of the molecule is CS(=O)(=O)Nc1ccccc1N1CCN(C(=O)C(Cc2ccc(Cl)cc2)NC(=O)c2ccc(C(F)(F)F)cc2)CC1. The number of nitrogens with zero attached hydrogens (tertiary/aromatic N) is 2. The Bertz CT molecular complexity index is 1490. The quantitative estimate of drug-likeness (QED) is 0.395. The molecule has 2 N–H and O–H groups in total. The molecule has 8 nitrogen and oxygen atoms in total. The smallest absolute Gasteiger partial charge is 0.366 e. The van der Waals surface area contributed by atoms with Crippen LogP contribution in [0.25, 0.3) is 0 Å². The van der Waals surface area contributed by atoms with Gasteiger partial charge in [0.05, 0.1) is 23.2 Å². The van der Waals surface area contributed by atoms with E-state index in [2.05, 4.69) is 10.0 Å². The molecule has 0 spiro atoms. The lowest BCUT2D eigenvalue weighted by Crippen LogP contribution is -2.55. The monoisotopic (exact) mass is 608 g/mol. The highest BCUT2D eigenvalue weighted by atomic mass is 35.5. The van der Waals surface area contributed by atoms with Crippen LogP contribution in [0.3, 0.4) is 0 Å². The number of nitrogens with one attached hydrogen (secondary N) is 2. The number of anilines is 2. The van der Waals surface area contributed by atoms with Crippen molar-refractivity contribution in [2.24, 2.45) is 0 Å². The van der Waals surface area contributed by atoms with Gasteiger partial charge in [0.15, 0.2) is 0 Å². The number of benzene rings is 3. The van der Waals surface area contributed by atoms with E-state index in [1.807, 2.05) is 4.90 Å². The number of carbonyl (C=O) groups is 2. The molecule has 1 saturated heterocycles. The predicted molar refractivity (Wildman–Crippen MR) is 152 cm³/mol. The molecular formula is C28H28ClF3N4O4S. The maximum absolute atomic E-state index is 13.6. The normalized spacial score (nSPS) is 14.9. The molecule has 218 valence electrons. The van der Waals surface area contributed by atoms with Crippen molar-refractivity contribution in [2.75, 3.05) is 42.1 Å². The first-order valence-corrected chi connectivity index (χ1v) is 14.9. The summed E-state index contributed by atoms with van der Waals surface area (Å²) in [6.45, 7) is 1.43. The molecule has 0 aliphatic carbocycles. The van der Waals surface area contributed by atoms with E-state index in [9.17, 15) is 31.2 Å². The number of alkyl halides is 3. The molecule has 0 radical (unpaired) electrons. The summed E-state index contributed by atoms with van der Waals surface area (Å²) < 4.78 is 65.0. The van der Waals surface area contributed by atoms with Gasteiger partial charge in [0, 0.05) is 43.2 Å². The van der Waals surface area contributed by atoms with Crippen molar-refractivity contribution in [3.63, 3.8) is 0 Å². The highest BCUT2D eigenvalue weighted by Gasteiger charge is 2.32. The summed E-state index contributed by atoms with van der Waals surface area (Å²) in [6.07, 6.45) is -3.32. The highest BCUT2D eigenvalue weighted by Crippen LogP contribution is 2.29. The van der Waals surface area contributed by atoms with Crippen LogP contribution in [-0.4, -0.2) is 63.6 Å². The van der Waals surface area contributed by atoms with Crippen LogP contribution in [0.15, 0.2) is 72.8 Å². The van der Waals surface area contributed by atoms with Gasteiger partial charge in [0.1, 0.15) is 6.04 Å². The van der Waals surface area contributed by atoms with Crippen molar-refractivity contribution in [1.82, 2.24) is 10.2 Å². The van der Waals surface area contributed by atoms with Gasteiger partial charge in [-0.1, -0.05) is 35.9 Å². The number of hydrogen-bond donors (Lipinski definition) is 2. The molecule has 0 saturated carbocycles. The van der Waals surface area contributed by atoms with Crippen LogP contribution < -0.4 is 14.9 Å². The second-order valence-electron chi connectivity index (χ2n) is 9.64. The number of hydrogen-bond acceptors (Lipinski definition) is 5. The zero-order valence-electron chi connectivity index (χ0n) is 22.0. The molecule has 0 bridgehead atoms. The van der Waals surface area contributed by atoms with Crippen molar-refractivity contribution in [2.45, 2.75) is 18.6 Å². The Morgan fingerprint density at radius 2 is 1.54 bits per heavy atom. The molecule has 3 aromatic rings. The Hall–Kier alpha value is -3.77. The lowest BCUT2D eigenvalue weighted by atomic mass is 10.0. The van der Waals surface area contributed by atoms with E-state index in [4.69, 9.17) is 11.6 Å². The molecule has 1 aliphatic rings. The lowest BCUT2D eigenvalue weighted by Gasteiger charge is -2.38. The summed E-state index contributed by atoms with van der Waals surface area (Å²) >= 11 is 5.98. The molecule has 41 heavy (non-hydrogen) atoms. The van der Waals surface area contributed by atoms with E-state index < -0.39 is 33.7 Å². The zero-order valence-corrected chi connectivity index (χ0v) is 23.6. The van der Waals surface area contributed by atoms with Crippen molar-refractivity contribution in [3.05, 3.63) is 94.5 Å². The Kier molecular flexibility index (Phi) is 9.13. The van der Waals surface area contributed by atoms with Crippen LogP contribution in [0.1, 0.15) is 21.5 Å². The molecular weight excluding hydrogens is 581 g/mol. The van der Waals surface area contributed by atoms with Gasteiger partial charge in [-0.15, -0.1) is 0 Å². The Morgan fingerprint density at radius 3 is 2.12 bits per heavy atom. The van der Waals surface area contributed by atoms with E-state index in [-0.39, 0.29) is 17.9 Å². The molecule has 1 fully saturated rings. The fourth-order valence-corrected chi connectivity index (χ4v) is 5.23. The number of rotatable bonds is 8. The summed E-state index contributed by atoms with van der Waals surface area (Å²) in [5, 5.41) is 3.20. The Balaban J connectivity index is 1.49. The first-order valence-electron chi connectivity index (χ1n) is 12.6. The third-order valence-electron chi connectivity index (χ3n) is 6.56. The van der Waals surface area contributed by atoms with Gasteiger partial charge >= 0.3 is 6.18 Å². The summed E-state index contributed by atoms with van der Waals surface area (Å²) in [5.74, 6) is -1.02. The standard InChI is InChI=1S/C28H28ClF3N4O4S/c1-41(39,40)34-23-4-2-3-5-25(23)35-14-16-36(17-15-35)27(38)24(18-19-6-12-22(29)13-7-19)33-26(37)20-8-10-21(11-9-20)28(30,31)32/h2-13,24,34H,14-18H2,1H3,(H,33,37).